The summed E-state index contributed by atoms with van der Waals surface area (Å²) in [5.74, 6) is 1.39. The van der Waals surface area contributed by atoms with Crippen LogP contribution in [-0.2, 0) is 6.54 Å². The Bertz CT molecular complexity index is 1150. The van der Waals surface area contributed by atoms with Crippen molar-refractivity contribution in [2.75, 3.05) is 20.2 Å². The first kappa shape index (κ1) is 22.4. The molecular formula is C24H28N6O3. The van der Waals surface area contributed by atoms with E-state index in [2.05, 4.69) is 25.5 Å². The SMILES string of the molecule is COc1ccccc1CNC(=O)c1cnc(C2CCN(C(=O)c3cn[nH]c3C)CC2)nc1C. The molecule has 3 aromatic rings. The molecule has 2 aromatic heterocycles. The summed E-state index contributed by atoms with van der Waals surface area (Å²) in [5, 5.41) is 9.67. The Morgan fingerprint density at radius 2 is 1.91 bits per heavy atom. The Labute approximate surface area is 192 Å². The fourth-order valence-electron chi connectivity index (χ4n) is 4.10. The van der Waals surface area contributed by atoms with E-state index < -0.39 is 0 Å². The number of carbonyl (C=O) groups is 2. The van der Waals surface area contributed by atoms with E-state index in [1.54, 1.807) is 19.5 Å². The average Bonchev–Trinajstić information content (AvgIpc) is 3.28. The van der Waals surface area contributed by atoms with Crippen LogP contribution in [0.5, 0.6) is 5.75 Å². The molecule has 1 aliphatic rings. The van der Waals surface area contributed by atoms with Gasteiger partial charge in [0.2, 0.25) is 0 Å². The van der Waals surface area contributed by atoms with Crippen LogP contribution < -0.4 is 10.1 Å². The molecule has 0 aliphatic carbocycles. The third-order valence-corrected chi connectivity index (χ3v) is 6.08. The number of amides is 2. The Hall–Kier alpha value is -3.75. The van der Waals surface area contributed by atoms with Gasteiger partial charge in [0.25, 0.3) is 11.8 Å². The van der Waals surface area contributed by atoms with Gasteiger partial charge in [-0.25, -0.2) is 9.97 Å². The number of ether oxygens (including phenoxy) is 1. The van der Waals surface area contributed by atoms with Gasteiger partial charge in [-0.2, -0.15) is 5.10 Å². The second-order valence-corrected chi connectivity index (χ2v) is 8.20. The molecule has 0 unspecified atom stereocenters. The van der Waals surface area contributed by atoms with Crippen LogP contribution in [0.25, 0.3) is 0 Å². The molecule has 4 rings (SSSR count). The van der Waals surface area contributed by atoms with Crippen molar-refractivity contribution in [3.63, 3.8) is 0 Å². The molecule has 2 amide bonds. The van der Waals surface area contributed by atoms with Crippen LogP contribution >= 0.6 is 0 Å². The summed E-state index contributed by atoms with van der Waals surface area (Å²) >= 11 is 0. The van der Waals surface area contributed by atoms with Gasteiger partial charge in [-0.15, -0.1) is 0 Å². The maximum absolute atomic E-state index is 12.7. The number of piperidine rings is 1. The number of nitrogens with zero attached hydrogens (tertiary/aromatic N) is 4. The molecule has 0 radical (unpaired) electrons. The molecule has 2 N–H and O–H groups in total. The molecule has 0 atom stereocenters. The quantitative estimate of drug-likeness (QED) is 0.600. The zero-order chi connectivity index (χ0) is 23.4. The minimum atomic E-state index is -0.221. The van der Waals surface area contributed by atoms with Crippen LogP contribution in [0.1, 0.15) is 62.3 Å². The fraction of sp³-hybridized carbons (Fsp3) is 0.375. The van der Waals surface area contributed by atoms with Crippen molar-refractivity contribution >= 4 is 11.8 Å². The monoisotopic (exact) mass is 448 g/mol. The van der Waals surface area contributed by atoms with E-state index in [-0.39, 0.29) is 17.7 Å². The first-order chi connectivity index (χ1) is 16.0. The molecule has 0 spiro atoms. The Balaban J connectivity index is 1.36. The minimum absolute atomic E-state index is 0.00105. The number of hydrogen-bond acceptors (Lipinski definition) is 6. The van der Waals surface area contributed by atoms with Gasteiger partial charge >= 0.3 is 0 Å². The molecule has 1 aromatic carbocycles. The van der Waals surface area contributed by atoms with Crippen LogP contribution in [-0.4, -0.2) is 57.1 Å². The third-order valence-electron chi connectivity index (χ3n) is 6.08. The number of likely N-dealkylation sites (tertiary alicyclic amines) is 1. The van der Waals surface area contributed by atoms with E-state index in [1.165, 1.54) is 0 Å². The first-order valence-corrected chi connectivity index (χ1v) is 11.0. The van der Waals surface area contributed by atoms with Crippen molar-refractivity contribution in [1.29, 1.82) is 0 Å². The van der Waals surface area contributed by atoms with Crippen LogP contribution in [0.3, 0.4) is 0 Å². The normalized spacial score (nSPS) is 14.2. The number of para-hydroxylation sites is 1. The molecule has 33 heavy (non-hydrogen) atoms. The lowest BCUT2D eigenvalue weighted by Gasteiger charge is -2.31. The summed E-state index contributed by atoms with van der Waals surface area (Å²) < 4.78 is 5.33. The highest BCUT2D eigenvalue weighted by atomic mass is 16.5. The summed E-state index contributed by atoms with van der Waals surface area (Å²) in [6.07, 6.45) is 4.73. The molecule has 9 nitrogen and oxygen atoms in total. The fourth-order valence-corrected chi connectivity index (χ4v) is 4.10. The number of carbonyl (C=O) groups excluding carboxylic acids is 2. The molecule has 0 bridgehead atoms. The predicted molar refractivity (Wildman–Crippen MR) is 122 cm³/mol. The smallest absolute Gasteiger partial charge is 0.257 e. The van der Waals surface area contributed by atoms with Crippen LogP contribution in [0, 0.1) is 13.8 Å². The predicted octanol–water partition coefficient (Wildman–Crippen LogP) is 2.77. The molecule has 1 fully saturated rings. The number of H-pyrrole nitrogens is 1. The zero-order valence-corrected chi connectivity index (χ0v) is 19.1. The Kier molecular flexibility index (Phi) is 6.67. The van der Waals surface area contributed by atoms with Gasteiger partial charge in [0.1, 0.15) is 11.6 Å². The highest BCUT2D eigenvalue weighted by Crippen LogP contribution is 2.27. The van der Waals surface area contributed by atoms with E-state index in [0.717, 1.165) is 35.7 Å². The number of rotatable bonds is 6. The number of methoxy groups -OCH3 is 1. The van der Waals surface area contributed by atoms with Crippen molar-refractivity contribution < 1.29 is 14.3 Å². The van der Waals surface area contributed by atoms with Gasteiger partial charge in [-0.3, -0.25) is 14.7 Å². The van der Waals surface area contributed by atoms with Crippen molar-refractivity contribution in [2.45, 2.75) is 39.2 Å². The lowest BCUT2D eigenvalue weighted by atomic mass is 9.95. The van der Waals surface area contributed by atoms with Crippen molar-refractivity contribution in [1.82, 2.24) is 30.4 Å². The van der Waals surface area contributed by atoms with E-state index >= 15 is 0 Å². The first-order valence-electron chi connectivity index (χ1n) is 11.0. The lowest BCUT2D eigenvalue weighted by Crippen LogP contribution is -2.38. The number of benzene rings is 1. The lowest BCUT2D eigenvalue weighted by molar-refractivity contribution is 0.0710. The van der Waals surface area contributed by atoms with Gasteiger partial charge in [-0.05, 0) is 32.8 Å². The van der Waals surface area contributed by atoms with E-state index in [1.807, 2.05) is 43.0 Å². The highest BCUT2D eigenvalue weighted by molar-refractivity contribution is 5.95. The zero-order valence-electron chi connectivity index (χ0n) is 19.1. The van der Waals surface area contributed by atoms with E-state index in [0.29, 0.717) is 36.5 Å². The number of aryl methyl sites for hydroxylation is 2. The summed E-state index contributed by atoms with van der Waals surface area (Å²) in [5.41, 5.74) is 3.39. The third kappa shape index (κ3) is 4.87. The van der Waals surface area contributed by atoms with Crippen LogP contribution in [0.4, 0.5) is 0 Å². The standard InChI is InChI=1S/C24H28N6O3/c1-15-19(23(31)26-12-18-6-4-5-7-21(18)33-3)13-25-22(28-15)17-8-10-30(11-9-17)24(32)20-14-27-29-16(20)2/h4-7,13-14,17H,8-12H2,1-3H3,(H,26,31)(H,27,29). The number of aromatic nitrogens is 4. The maximum atomic E-state index is 12.7. The largest absolute Gasteiger partial charge is 0.496 e. The Morgan fingerprint density at radius 3 is 2.58 bits per heavy atom. The van der Waals surface area contributed by atoms with E-state index in [4.69, 9.17) is 4.74 Å². The molecule has 1 saturated heterocycles. The average molecular weight is 449 g/mol. The summed E-state index contributed by atoms with van der Waals surface area (Å²) in [7, 11) is 1.61. The van der Waals surface area contributed by atoms with Gasteiger partial charge in [0.15, 0.2) is 0 Å². The second kappa shape index (κ2) is 9.81. The van der Waals surface area contributed by atoms with Crippen molar-refractivity contribution in [3.8, 4) is 5.75 Å². The number of aromatic amines is 1. The molecule has 0 saturated carbocycles. The summed E-state index contributed by atoms with van der Waals surface area (Å²) in [4.78, 5) is 36.4. The van der Waals surface area contributed by atoms with Crippen LogP contribution in [0.15, 0.2) is 36.7 Å². The molecule has 9 heteroatoms. The van der Waals surface area contributed by atoms with Gasteiger partial charge < -0.3 is 15.0 Å². The summed E-state index contributed by atoms with van der Waals surface area (Å²) in [6.45, 7) is 5.29. The topological polar surface area (TPSA) is 113 Å². The van der Waals surface area contributed by atoms with Crippen LogP contribution in [0.2, 0.25) is 0 Å². The molecule has 172 valence electrons. The number of hydrogen-bond donors (Lipinski definition) is 2. The van der Waals surface area contributed by atoms with Gasteiger partial charge in [-0.1, -0.05) is 18.2 Å². The van der Waals surface area contributed by atoms with Gasteiger partial charge in [0.05, 0.1) is 30.1 Å². The summed E-state index contributed by atoms with van der Waals surface area (Å²) in [6, 6.07) is 7.57. The van der Waals surface area contributed by atoms with Gasteiger partial charge in [0, 0.05) is 43.0 Å². The number of nitrogens with one attached hydrogen (secondary N) is 2. The second-order valence-electron chi connectivity index (χ2n) is 8.20. The van der Waals surface area contributed by atoms with E-state index in [9.17, 15) is 9.59 Å². The molecule has 3 heterocycles. The molecule has 1 aliphatic heterocycles. The molecular weight excluding hydrogens is 420 g/mol. The van der Waals surface area contributed by atoms with Crippen molar-refractivity contribution in [2.24, 2.45) is 0 Å². The maximum Gasteiger partial charge on any atom is 0.257 e. The highest BCUT2D eigenvalue weighted by Gasteiger charge is 2.28. The van der Waals surface area contributed by atoms with Crippen molar-refractivity contribution in [3.05, 3.63) is 70.6 Å². The Morgan fingerprint density at radius 1 is 1.15 bits per heavy atom. The minimum Gasteiger partial charge on any atom is -0.496 e.